The molecule has 0 aliphatic carbocycles. The number of carbonyl (C=O) groups excluding carboxylic acids is 2. The molecule has 2 heterocycles. The fraction of sp³-hybridized carbons (Fsp3) is 0.233. The SMILES string of the molecule is COC(=O)c1c(Cc2ccc(C(=O)NC3CCNCC3)cc2)c(=O)c2ccc(Cl)cc2n1-c1ccccc1. The monoisotopic (exact) mass is 529 g/mol. The fourth-order valence-corrected chi connectivity index (χ4v) is 5.11. The van der Waals surface area contributed by atoms with E-state index in [4.69, 9.17) is 16.3 Å². The molecule has 5 rings (SSSR count). The number of aromatic nitrogens is 1. The van der Waals surface area contributed by atoms with Crippen LogP contribution >= 0.6 is 11.6 Å². The molecule has 1 aromatic heterocycles. The molecule has 4 aromatic rings. The maximum atomic E-state index is 13.7. The van der Waals surface area contributed by atoms with Crippen LogP contribution in [0.15, 0.2) is 77.6 Å². The van der Waals surface area contributed by atoms with Crippen molar-refractivity contribution in [1.82, 2.24) is 15.2 Å². The number of esters is 1. The number of nitrogens with one attached hydrogen (secondary N) is 2. The van der Waals surface area contributed by atoms with E-state index in [1.807, 2.05) is 42.5 Å². The third-order valence-electron chi connectivity index (χ3n) is 6.89. The average molecular weight is 530 g/mol. The number of nitrogens with zero attached hydrogens (tertiary/aromatic N) is 1. The Labute approximate surface area is 225 Å². The Morgan fingerprint density at radius 1 is 1.03 bits per heavy atom. The second-order valence-electron chi connectivity index (χ2n) is 9.35. The average Bonchev–Trinajstić information content (AvgIpc) is 2.95. The predicted molar refractivity (Wildman–Crippen MR) is 149 cm³/mol. The quantitative estimate of drug-likeness (QED) is 0.359. The van der Waals surface area contributed by atoms with Crippen LogP contribution in [0.1, 0.15) is 44.8 Å². The summed E-state index contributed by atoms with van der Waals surface area (Å²) in [6.45, 7) is 1.79. The Bertz CT molecular complexity index is 1540. The molecule has 2 N–H and O–H groups in total. The van der Waals surface area contributed by atoms with Crippen molar-refractivity contribution >= 4 is 34.4 Å². The van der Waals surface area contributed by atoms with Crippen molar-refractivity contribution in [1.29, 1.82) is 0 Å². The number of carbonyl (C=O) groups is 2. The molecule has 1 saturated heterocycles. The van der Waals surface area contributed by atoms with Gasteiger partial charge in [-0.3, -0.25) is 9.59 Å². The van der Waals surface area contributed by atoms with Crippen LogP contribution < -0.4 is 16.1 Å². The Kier molecular flexibility index (Phi) is 7.58. The van der Waals surface area contributed by atoms with E-state index in [2.05, 4.69) is 10.6 Å². The van der Waals surface area contributed by atoms with Crippen molar-refractivity contribution in [2.75, 3.05) is 20.2 Å². The molecular weight excluding hydrogens is 502 g/mol. The summed E-state index contributed by atoms with van der Waals surface area (Å²) < 4.78 is 6.87. The number of para-hydroxylation sites is 1. The molecule has 0 spiro atoms. The number of methoxy groups -OCH3 is 1. The lowest BCUT2D eigenvalue weighted by Gasteiger charge is -2.23. The van der Waals surface area contributed by atoms with E-state index in [9.17, 15) is 14.4 Å². The largest absolute Gasteiger partial charge is 0.464 e. The molecule has 1 fully saturated rings. The minimum Gasteiger partial charge on any atom is -0.464 e. The van der Waals surface area contributed by atoms with Crippen molar-refractivity contribution in [3.05, 3.63) is 110 Å². The van der Waals surface area contributed by atoms with Gasteiger partial charge in [0.2, 0.25) is 0 Å². The molecule has 0 atom stereocenters. The van der Waals surface area contributed by atoms with E-state index in [-0.39, 0.29) is 29.5 Å². The van der Waals surface area contributed by atoms with Gasteiger partial charge in [0, 0.05) is 39.7 Å². The summed E-state index contributed by atoms with van der Waals surface area (Å²) in [5.41, 5.74) is 2.74. The third kappa shape index (κ3) is 5.21. The number of benzene rings is 3. The number of piperidine rings is 1. The van der Waals surface area contributed by atoms with Crippen LogP contribution in [0.25, 0.3) is 16.6 Å². The summed E-state index contributed by atoms with van der Waals surface area (Å²) in [5, 5.41) is 7.27. The van der Waals surface area contributed by atoms with Gasteiger partial charge in [-0.25, -0.2) is 4.79 Å². The number of pyridine rings is 1. The molecule has 194 valence electrons. The zero-order valence-corrected chi connectivity index (χ0v) is 21.8. The fourth-order valence-electron chi connectivity index (χ4n) is 4.94. The van der Waals surface area contributed by atoms with Gasteiger partial charge in [0.1, 0.15) is 5.69 Å². The molecular formula is C30H28ClN3O4. The highest BCUT2D eigenvalue weighted by Gasteiger charge is 2.25. The maximum absolute atomic E-state index is 13.7. The highest BCUT2D eigenvalue weighted by atomic mass is 35.5. The number of ether oxygens (including phenoxy) is 1. The van der Waals surface area contributed by atoms with Crippen LogP contribution in [-0.2, 0) is 11.2 Å². The van der Waals surface area contributed by atoms with Gasteiger partial charge in [-0.2, -0.15) is 0 Å². The first-order chi connectivity index (χ1) is 18.5. The normalized spacial score (nSPS) is 13.8. The van der Waals surface area contributed by atoms with E-state index < -0.39 is 5.97 Å². The topological polar surface area (TPSA) is 89.4 Å². The zero-order chi connectivity index (χ0) is 26.6. The Balaban J connectivity index is 1.57. The van der Waals surface area contributed by atoms with Crippen LogP contribution in [0.3, 0.4) is 0 Å². The van der Waals surface area contributed by atoms with E-state index >= 15 is 0 Å². The number of fused-ring (bicyclic) bond motifs is 1. The van der Waals surface area contributed by atoms with E-state index in [0.717, 1.165) is 31.5 Å². The minimum atomic E-state index is -0.624. The summed E-state index contributed by atoms with van der Waals surface area (Å²) in [4.78, 5) is 39.6. The number of halogens is 1. The summed E-state index contributed by atoms with van der Waals surface area (Å²) in [7, 11) is 1.30. The molecule has 7 nitrogen and oxygen atoms in total. The van der Waals surface area contributed by atoms with E-state index in [0.29, 0.717) is 32.7 Å². The minimum absolute atomic E-state index is 0.118. The van der Waals surface area contributed by atoms with Gasteiger partial charge in [0.05, 0.1) is 12.6 Å². The molecule has 1 amide bonds. The molecule has 1 aliphatic heterocycles. The highest BCUT2D eigenvalue weighted by Crippen LogP contribution is 2.26. The van der Waals surface area contributed by atoms with Crippen LogP contribution in [0, 0.1) is 0 Å². The Morgan fingerprint density at radius 3 is 2.42 bits per heavy atom. The summed E-state index contributed by atoms with van der Waals surface area (Å²) in [6, 6.07) is 21.6. The van der Waals surface area contributed by atoms with E-state index in [1.165, 1.54) is 7.11 Å². The molecule has 0 bridgehead atoms. The molecule has 0 radical (unpaired) electrons. The lowest BCUT2D eigenvalue weighted by molar-refractivity contribution is 0.0589. The molecule has 1 aliphatic rings. The Hall–Kier alpha value is -3.94. The van der Waals surface area contributed by atoms with Gasteiger partial charge in [-0.15, -0.1) is 0 Å². The van der Waals surface area contributed by atoms with Crippen LogP contribution in [0.5, 0.6) is 0 Å². The van der Waals surface area contributed by atoms with Crippen LogP contribution in [0.4, 0.5) is 0 Å². The number of hydrogen-bond acceptors (Lipinski definition) is 5. The molecule has 0 saturated carbocycles. The first-order valence-corrected chi connectivity index (χ1v) is 13.0. The van der Waals surface area contributed by atoms with Gasteiger partial charge in [0.25, 0.3) is 5.91 Å². The van der Waals surface area contributed by atoms with E-state index in [1.54, 1.807) is 34.9 Å². The number of hydrogen-bond donors (Lipinski definition) is 2. The standard InChI is InChI=1S/C30H28ClN3O4/c1-38-30(37)27-25(17-19-7-9-20(10-8-19)29(36)33-22-13-15-32-16-14-22)28(35)24-12-11-21(31)18-26(24)34(27)23-5-3-2-4-6-23/h2-12,18,22,32H,13-17H2,1H3,(H,33,36). The third-order valence-corrected chi connectivity index (χ3v) is 7.13. The van der Waals surface area contributed by atoms with Gasteiger partial charge < -0.3 is 19.9 Å². The lowest BCUT2D eigenvalue weighted by atomic mass is 9.98. The predicted octanol–water partition coefficient (Wildman–Crippen LogP) is 4.50. The van der Waals surface area contributed by atoms with Crippen LogP contribution in [0.2, 0.25) is 5.02 Å². The smallest absolute Gasteiger partial charge is 0.355 e. The molecule has 0 unspecified atom stereocenters. The van der Waals surface area contributed by atoms with Crippen molar-refractivity contribution < 1.29 is 14.3 Å². The molecule has 38 heavy (non-hydrogen) atoms. The summed E-state index contributed by atoms with van der Waals surface area (Å²) in [5.74, 6) is -0.742. The van der Waals surface area contributed by atoms with Crippen molar-refractivity contribution in [3.63, 3.8) is 0 Å². The van der Waals surface area contributed by atoms with Gasteiger partial charge in [0.15, 0.2) is 5.43 Å². The first kappa shape index (κ1) is 25.7. The highest BCUT2D eigenvalue weighted by molar-refractivity contribution is 6.31. The second kappa shape index (κ2) is 11.2. The van der Waals surface area contributed by atoms with Crippen LogP contribution in [-0.4, -0.2) is 42.7 Å². The zero-order valence-electron chi connectivity index (χ0n) is 21.0. The molecule has 3 aromatic carbocycles. The van der Waals surface area contributed by atoms with Crippen molar-refractivity contribution in [2.45, 2.75) is 25.3 Å². The molecule has 8 heteroatoms. The van der Waals surface area contributed by atoms with Gasteiger partial charge in [-0.1, -0.05) is 41.9 Å². The van der Waals surface area contributed by atoms with Crippen molar-refractivity contribution in [3.8, 4) is 5.69 Å². The second-order valence-corrected chi connectivity index (χ2v) is 9.79. The summed E-state index contributed by atoms with van der Waals surface area (Å²) >= 11 is 6.30. The number of rotatable bonds is 6. The lowest BCUT2D eigenvalue weighted by Crippen LogP contribution is -2.42. The van der Waals surface area contributed by atoms with Crippen molar-refractivity contribution in [2.24, 2.45) is 0 Å². The maximum Gasteiger partial charge on any atom is 0.355 e. The summed E-state index contributed by atoms with van der Waals surface area (Å²) in [6.07, 6.45) is 1.99. The Morgan fingerprint density at radius 2 is 1.74 bits per heavy atom. The van der Waals surface area contributed by atoms with Gasteiger partial charge >= 0.3 is 5.97 Å². The van der Waals surface area contributed by atoms with Gasteiger partial charge in [-0.05, 0) is 74.0 Å². The first-order valence-electron chi connectivity index (χ1n) is 12.6. The number of amides is 1.